The number of aliphatic hydroxyl groups is 2. The molecule has 3 fully saturated rings. The van der Waals surface area contributed by atoms with Crippen LogP contribution in [0.2, 0.25) is 0 Å². The SMILES string of the molecule is O[C@@H]1CCN(c2ccc(-c3nc4cc(O[C@@H]5COC6C5OC[C@H]6O)[nH]c4cc3F)cc2)C1. The number of fused-ring (bicyclic) bond motifs is 2. The van der Waals surface area contributed by atoms with E-state index in [0.717, 1.165) is 18.7 Å². The highest BCUT2D eigenvalue weighted by molar-refractivity contribution is 5.81. The van der Waals surface area contributed by atoms with Gasteiger partial charge in [0.25, 0.3) is 0 Å². The summed E-state index contributed by atoms with van der Waals surface area (Å²) in [6.07, 6.45) is -1.24. The van der Waals surface area contributed by atoms with E-state index in [2.05, 4.69) is 14.9 Å². The largest absolute Gasteiger partial charge is 0.470 e. The van der Waals surface area contributed by atoms with Gasteiger partial charge in [0, 0.05) is 36.5 Å². The third kappa shape index (κ3) is 3.41. The normalized spacial score (nSPS) is 29.7. The van der Waals surface area contributed by atoms with E-state index < -0.39 is 11.9 Å². The lowest BCUT2D eigenvalue weighted by Crippen LogP contribution is -2.34. The van der Waals surface area contributed by atoms with Crippen LogP contribution in [0.5, 0.6) is 5.88 Å². The second-order valence-corrected chi connectivity index (χ2v) is 8.64. The summed E-state index contributed by atoms with van der Waals surface area (Å²) in [5, 5.41) is 19.6. The standard InChI is InChI=1S/C23H24FN3O5/c24-15-7-16-17(8-20(25-16)32-19-11-31-22-18(29)10-30-23(19)22)26-21(15)12-1-3-13(4-2-12)27-6-5-14(28)9-27/h1-4,7-8,14,18-19,22-23,25,28-29H,5-6,9-11H2/t14-,18-,19-,22?,23?/m1/s1. The van der Waals surface area contributed by atoms with E-state index in [9.17, 15) is 14.6 Å². The number of anilines is 1. The maximum atomic E-state index is 14.9. The van der Waals surface area contributed by atoms with Crippen LogP contribution in [0.25, 0.3) is 22.3 Å². The van der Waals surface area contributed by atoms with Crippen molar-refractivity contribution in [3.05, 3.63) is 42.2 Å². The van der Waals surface area contributed by atoms with Crippen LogP contribution in [0, 0.1) is 5.82 Å². The number of nitrogens with one attached hydrogen (secondary N) is 1. The average molecular weight is 441 g/mol. The second kappa shape index (κ2) is 7.70. The Balaban J connectivity index is 1.23. The van der Waals surface area contributed by atoms with Gasteiger partial charge in [-0.25, -0.2) is 9.37 Å². The summed E-state index contributed by atoms with van der Waals surface area (Å²) >= 11 is 0. The van der Waals surface area contributed by atoms with Crippen LogP contribution >= 0.6 is 0 Å². The molecule has 9 heteroatoms. The first-order valence-electron chi connectivity index (χ1n) is 10.9. The van der Waals surface area contributed by atoms with Crippen LogP contribution in [0.15, 0.2) is 36.4 Å². The minimum Gasteiger partial charge on any atom is -0.470 e. The summed E-state index contributed by atoms with van der Waals surface area (Å²) in [5.74, 6) is 0.0213. The molecule has 5 atom stereocenters. The Morgan fingerprint density at radius 1 is 1.09 bits per heavy atom. The number of aromatic amines is 1. The van der Waals surface area contributed by atoms with Gasteiger partial charge in [-0.05, 0) is 18.6 Å². The topological polar surface area (TPSA) is 100 Å². The van der Waals surface area contributed by atoms with E-state index in [0.29, 0.717) is 35.6 Å². The fraction of sp³-hybridized carbons (Fsp3) is 0.435. The van der Waals surface area contributed by atoms with Crippen molar-refractivity contribution in [1.29, 1.82) is 0 Å². The number of β-amino-alcohol motifs (C(OH)–C–C–N with tert-alkyl or cyclic N) is 1. The van der Waals surface area contributed by atoms with Crippen molar-refractivity contribution in [1.82, 2.24) is 9.97 Å². The summed E-state index contributed by atoms with van der Waals surface area (Å²) in [5.41, 5.74) is 3.07. The zero-order valence-electron chi connectivity index (χ0n) is 17.3. The van der Waals surface area contributed by atoms with Crippen molar-refractivity contribution in [2.45, 2.75) is 36.9 Å². The third-order valence-electron chi connectivity index (χ3n) is 6.46. The molecule has 0 amide bonds. The lowest BCUT2D eigenvalue weighted by Gasteiger charge is -2.18. The minimum atomic E-state index is -0.642. The van der Waals surface area contributed by atoms with E-state index in [4.69, 9.17) is 14.2 Å². The van der Waals surface area contributed by atoms with Crippen LogP contribution in [0.4, 0.5) is 10.1 Å². The number of ether oxygens (including phenoxy) is 3. The van der Waals surface area contributed by atoms with Gasteiger partial charge in [-0.1, -0.05) is 12.1 Å². The number of nitrogens with zero attached hydrogens (tertiary/aromatic N) is 2. The molecule has 0 saturated carbocycles. The number of pyridine rings is 1. The van der Waals surface area contributed by atoms with Crippen LogP contribution in [-0.4, -0.2) is 77.0 Å². The van der Waals surface area contributed by atoms with Gasteiger partial charge < -0.3 is 34.3 Å². The molecule has 0 aliphatic carbocycles. The van der Waals surface area contributed by atoms with E-state index in [1.165, 1.54) is 6.07 Å². The molecule has 2 unspecified atom stereocenters. The first-order valence-corrected chi connectivity index (χ1v) is 10.9. The zero-order chi connectivity index (χ0) is 21.8. The number of H-pyrrole nitrogens is 1. The van der Waals surface area contributed by atoms with Gasteiger partial charge in [0.15, 0.2) is 17.8 Å². The Morgan fingerprint density at radius 2 is 1.91 bits per heavy atom. The molecule has 32 heavy (non-hydrogen) atoms. The minimum absolute atomic E-state index is 0.231. The molecule has 3 N–H and O–H groups in total. The molecule has 0 spiro atoms. The molecule has 5 heterocycles. The van der Waals surface area contributed by atoms with E-state index in [-0.39, 0.29) is 36.7 Å². The van der Waals surface area contributed by atoms with Gasteiger partial charge in [0.05, 0.1) is 30.4 Å². The molecule has 2 aromatic heterocycles. The van der Waals surface area contributed by atoms with Crippen LogP contribution in [0.1, 0.15) is 6.42 Å². The fourth-order valence-electron chi connectivity index (χ4n) is 4.79. The summed E-state index contributed by atoms with van der Waals surface area (Å²) in [4.78, 5) is 9.68. The number of aromatic nitrogens is 2. The Morgan fingerprint density at radius 3 is 2.69 bits per heavy atom. The van der Waals surface area contributed by atoms with Gasteiger partial charge >= 0.3 is 0 Å². The Labute approximate surface area is 183 Å². The van der Waals surface area contributed by atoms with Crippen molar-refractivity contribution in [2.24, 2.45) is 0 Å². The number of halogens is 1. The van der Waals surface area contributed by atoms with Crippen LogP contribution < -0.4 is 9.64 Å². The molecule has 168 valence electrons. The number of rotatable bonds is 4. The molecule has 0 bridgehead atoms. The van der Waals surface area contributed by atoms with Crippen molar-refractivity contribution < 1.29 is 28.8 Å². The fourth-order valence-corrected chi connectivity index (χ4v) is 4.79. The quantitative estimate of drug-likeness (QED) is 0.568. The predicted octanol–water partition coefficient (Wildman–Crippen LogP) is 1.85. The van der Waals surface area contributed by atoms with Crippen molar-refractivity contribution >= 4 is 16.7 Å². The first-order chi connectivity index (χ1) is 15.5. The van der Waals surface area contributed by atoms with E-state index in [1.54, 1.807) is 6.07 Å². The predicted molar refractivity (Wildman–Crippen MR) is 114 cm³/mol. The van der Waals surface area contributed by atoms with E-state index in [1.807, 2.05) is 24.3 Å². The molecule has 6 rings (SSSR count). The highest BCUT2D eigenvalue weighted by Crippen LogP contribution is 2.32. The molecule has 0 radical (unpaired) electrons. The van der Waals surface area contributed by atoms with Crippen molar-refractivity contribution in [3.8, 4) is 17.1 Å². The molecule has 3 aromatic rings. The maximum Gasteiger partial charge on any atom is 0.193 e. The van der Waals surface area contributed by atoms with Gasteiger partial charge in [-0.2, -0.15) is 0 Å². The van der Waals surface area contributed by atoms with Crippen molar-refractivity contribution in [3.63, 3.8) is 0 Å². The monoisotopic (exact) mass is 441 g/mol. The molecular weight excluding hydrogens is 417 g/mol. The highest BCUT2D eigenvalue weighted by Gasteiger charge is 2.48. The zero-order valence-corrected chi connectivity index (χ0v) is 17.3. The Bertz CT molecular complexity index is 1140. The maximum absolute atomic E-state index is 14.9. The Hall–Kier alpha value is -2.72. The van der Waals surface area contributed by atoms with Gasteiger partial charge in [0.2, 0.25) is 0 Å². The van der Waals surface area contributed by atoms with Gasteiger partial charge in [0.1, 0.15) is 24.0 Å². The summed E-state index contributed by atoms with van der Waals surface area (Å²) in [7, 11) is 0. The summed E-state index contributed by atoms with van der Waals surface area (Å²) < 4.78 is 32.0. The lowest BCUT2D eigenvalue weighted by atomic mass is 10.1. The molecule has 3 saturated heterocycles. The lowest BCUT2D eigenvalue weighted by molar-refractivity contribution is 0.00794. The third-order valence-corrected chi connectivity index (χ3v) is 6.46. The Kier molecular flexibility index (Phi) is 4.80. The average Bonchev–Trinajstić information content (AvgIpc) is 3.55. The molecular formula is C23H24FN3O5. The molecule has 3 aliphatic rings. The number of hydrogen-bond donors (Lipinski definition) is 3. The molecule has 1 aromatic carbocycles. The van der Waals surface area contributed by atoms with Gasteiger partial charge in [-0.15, -0.1) is 0 Å². The summed E-state index contributed by atoms with van der Waals surface area (Å²) in [6.45, 7) is 1.97. The number of hydrogen-bond acceptors (Lipinski definition) is 7. The molecule has 3 aliphatic heterocycles. The molecule has 8 nitrogen and oxygen atoms in total. The van der Waals surface area contributed by atoms with Crippen LogP contribution in [-0.2, 0) is 9.47 Å². The summed E-state index contributed by atoms with van der Waals surface area (Å²) in [6, 6.07) is 10.7. The van der Waals surface area contributed by atoms with Crippen LogP contribution in [0.3, 0.4) is 0 Å². The highest BCUT2D eigenvalue weighted by atomic mass is 19.1. The van der Waals surface area contributed by atoms with Gasteiger partial charge in [-0.3, -0.25) is 0 Å². The number of benzene rings is 1. The van der Waals surface area contributed by atoms with E-state index >= 15 is 0 Å². The van der Waals surface area contributed by atoms with Crippen molar-refractivity contribution in [2.75, 3.05) is 31.2 Å². The second-order valence-electron chi connectivity index (χ2n) is 8.64. The number of aliphatic hydroxyl groups excluding tert-OH is 2. The first kappa shape index (κ1) is 19.9. The smallest absolute Gasteiger partial charge is 0.193 e.